The van der Waals surface area contributed by atoms with Gasteiger partial charge < -0.3 is 10.3 Å². The van der Waals surface area contributed by atoms with E-state index in [1.54, 1.807) is 18.3 Å². The summed E-state index contributed by atoms with van der Waals surface area (Å²) in [4.78, 5) is 20.3. The van der Waals surface area contributed by atoms with Gasteiger partial charge in [-0.2, -0.15) is 0 Å². The van der Waals surface area contributed by atoms with E-state index in [4.69, 9.17) is 0 Å². The number of rotatable bonds is 4. The number of H-pyrrole nitrogens is 1. The standard InChI is InChI=1S/C16H17FN6/c1-9-10(2)22-15(21-9)11(3)20-14-6-7-18-16(23-14)13-5-4-12(17)8-19-13/h4-8,11H,1-3H3,(H,21,22)(H,18,20,23). The van der Waals surface area contributed by atoms with Crippen LogP contribution in [0, 0.1) is 19.7 Å². The lowest BCUT2D eigenvalue weighted by Gasteiger charge is -2.12. The maximum Gasteiger partial charge on any atom is 0.180 e. The number of imidazole rings is 1. The van der Waals surface area contributed by atoms with Crippen LogP contribution in [0.4, 0.5) is 10.2 Å². The zero-order valence-corrected chi connectivity index (χ0v) is 13.1. The Hall–Kier alpha value is -2.83. The van der Waals surface area contributed by atoms with Crippen molar-refractivity contribution in [3.8, 4) is 11.5 Å². The number of aromatic amines is 1. The Morgan fingerprint density at radius 1 is 1.13 bits per heavy atom. The average molecular weight is 312 g/mol. The van der Waals surface area contributed by atoms with Gasteiger partial charge in [0.2, 0.25) is 0 Å². The summed E-state index contributed by atoms with van der Waals surface area (Å²) >= 11 is 0. The highest BCUT2D eigenvalue weighted by Crippen LogP contribution is 2.19. The lowest BCUT2D eigenvalue weighted by atomic mass is 10.3. The van der Waals surface area contributed by atoms with E-state index >= 15 is 0 Å². The number of anilines is 1. The quantitative estimate of drug-likeness (QED) is 0.773. The monoisotopic (exact) mass is 312 g/mol. The second-order valence-corrected chi connectivity index (χ2v) is 5.33. The number of hydrogen-bond acceptors (Lipinski definition) is 5. The molecule has 3 aromatic heterocycles. The molecule has 0 saturated carbocycles. The van der Waals surface area contributed by atoms with Crippen molar-refractivity contribution in [1.29, 1.82) is 0 Å². The first-order chi connectivity index (χ1) is 11.0. The van der Waals surface area contributed by atoms with Crippen LogP contribution in [0.3, 0.4) is 0 Å². The second-order valence-electron chi connectivity index (χ2n) is 5.33. The molecule has 2 N–H and O–H groups in total. The van der Waals surface area contributed by atoms with Gasteiger partial charge in [0.1, 0.15) is 23.2 Å². The highest BCUT2D eigenvalue weighted by atomic mass is 19.1. The summed E-state index contributed by atoms with van der Waals surface area (Å²) in [6.07, 6.45) is 2.79. The Kier molecular flexibility index (Phi) is 4.01. The molecule has 0 aromatic carbocycles. The molecule has 0 spiro atoms. The van der Waals surface area contributed by atoms with Crippen molar-refractivity contribution in [3.63, 3.8) is 0 Å². The Bertz CT molecular complexity index is 792. The molecule has 0 amide bonds. The summed E-state index contributed by atoms with van der Waals surface area (Å²) in [7, 11) is 0. The number of nitrogens with zero attached hydrogens (tertiary/aromatic N) is 4. The van der Waals surface area contributed by atoms with Gasteiger partial charge in [-0.25, -0.2) is 24.3 Å². The Balaban J connectivity index is 1.81. The van der Waals surface area contributed by atoms with Crippen molar-refractivity contribution in [1.82, 2.24) is 24.9 Å². The zero-order chi connectivity index (χ0) is 16.4. The van der Waals surface area contributed by atoms with Crippen LogP contribution in [-0.4, -0.2) is 24.9 Å². The molecule has 3 heterocycles. The van der Waals surface area contributed by atoms with E-state index in [1.165, 1.54) is 6.07 Å². The molecule has 7 heteroatoms. The predicted octanol–water partition coefficient (Wildman–Crippen LogP) is 3.19. The lowest BCUT2D eigenvalue weighted by Crippen LogP contribution is -2.10. The third-order valence-electron chi connectivity index (χ3n) is 3.53. The minimum atomic E-state index is -0.389. The normalized spacial score (nSPS) is 12.2. The minimum absolute atomic E-state index is 0.0358. The molecule has 3 rings (SSSR count). The van der Waals surface area contributed by atoms with Crippen LogP contribution >= 0.6 is 0 Å². The van der Waals surface area contributed by atoms with E-state index in [-0.39, 0.29) is 11.9 Å². The number of pyridine rings is 1. The fourth-order valence-corrected chi connectivity index (χ4v) is 2.14. The molecule has 3 aromatic rings. The molecule has 0 aliphatic carbocycles. The Labute approximate surface area is 133 Å². The summed E-state index contributed by atoms with van der Waals surface area (Å²) in [5, 5.41) is 3.27. The maximum absolute atomic E-state index is 12.9. The van der Waals surface area contributed by atoms with Crippen LogP contribution < -0.4 is 5.32 Å². The fraction of sp³-hybridized carbons (Fsp3) is 0.250. The molecule has 0 bridgehead atoms. The molecule has 1 unspecified atom stereocenters. The Morgan fingerprint density at radius 3 is 2.61 bits per heavy atom. The van der Waals surface area contributed by atoms with Gasteiger partial charge in [-0.05, 0) is 39.0 Å². The van der Waals surface area contributed by atoms with Gasteiger partial charge in [0.25, 0.3) is 0 Å². The fourth-order valence-electron chi connectivity index (χ4n) is 2.14. The van der Waals surface area contributed by atoms with Gasteiger partial charge in [0, 0.05) is 11.9 Å². The zero-order valence-electron chi connectivity index (χ0n) is 13.1. The van der Waals surface area contributed by atoms with E-state index in [0.717, 1.165) is 23.4 Å². The van der Waals surface area contributed by atoms with E-state index in [9.17, 15) is 4.39 Å². The van der Waals surface area contributed by atoms with Crippen molar-refractivity contribution in [2.75, 3.05) is 5.32 Å². The number of nitrogens with one attached hydrogen (secondary N) is 2. The van der Waals surface area contributed by atoms with Gasteiger partial charge in [-0.1, -0.05) is 0 Å². The summed E-state index contributed by atoms with van der Waals surface area (Å²) in [5.41, 5.74) is 2.55. The Morgan fingerprint density at radius 2 is 1.96 bits per heavy atom. The SMILES string of the molecule is Cc1nc(C(C)Nc2ccnc(-c3ccc(F)cn3)n2)[nH]c1C. The van der Waals surface area contributed by atoms with Crippen LogP contribution in [0.5, 0.6) is 0 Å². The van der Waals surface area contributed by atoms with Crippen molar-refractivity contribution in [2.24, 2.45) is 0 Å². The van der Waals surface area contributed by atoms with Crippen LogP contribution in [0.25, 0.3) is 11.5 Å². The first-order valence-corrected chi connectivity index (χ1v) is 7.27. The summed E-state index contributed by atoms with van der Waals surface area (Å²) in [6, 6.07) is 4.62. The van der Waals surface area contributed by atoms with Crippen molar-refractivity contribution in [2.45, 2.75) is 26.8 Å². The summed E-state index contributed by atoms with van der Waals surface area (Å²) in [5.74, 6) is 1.55. The molecule has 0 aliphatic heterocycles. The third kappa shape index (κ3) is 3.33. The van der Waals surface area contributed by atoms with Crippen molar-refractivity contribution in [3.05, 3.63) is 53.6 Å². The van der Waals surface area contributed by atoms with E-state index in [1.807, 2.05) is 20.8 Å². The molecule has 0 aliphatic rings. The third-order valence-corrected chi connectivity index (χ3v) is 3.53. The van der Waals surface area contributed by atoms with Gasteiger partial charge in [-0.3, -0.25) is 0 Å². The van der Waals surface area contributed by atoms with Crippen molar-refractivity contribution < 1.29 is 4.39 Å². The van der Waals surface area contributed by atoms with Crippen LogP contribution in [0.15, 0.2) is 30.6 Å². The molecule has 0 saturated heterocycles. The topological polar surface area (TPSA) is 79.4 Å². The second kappa shape index (κ2) is 6.12. The highest BCUT2D eigenvalue weighted by molar-refractivity contribution is 5.51. The maximum atomic E-state index is 12.9. The largest absolute Gasteiger partial charge is 0.360 e. The van der Waals surface area contributed by atoms with Gasteiger partial charge in [0.05, 0.1) is 17.9 Å². The minimum Gasteiger partial charge on any atom is -0.360 e. The highest BCUT2D eigenvalue weighted by Gasteiger charge is 2.12. The molecule has 23 heavy (non-hydrogen) atoms. The van der Waals surface area contributed by atoms with Crippen molar-refractivity contribution >= 4 is 5.82 Å². The first-order valence-electron chi connectivity index (χ1n) is 7.27. The molecular formula is C16H17FN6. The number of aryl methyl sites for hydroxylation is 2. The van der Waals surface area contributed by atoms with Gasteiger partial charge >= 0.3 is 0 Å². The summed E-state index contributed by atoms with van der Waals surface area (Å²) in [6.45, 7) is 5.95. The number of halogens is 1. The molecular weight excluding hydrogens is 295 g/mol. The van der Waals surface area contributed by atoms with E-state index < -0.39 is 0 Å². The average Bonchev–Trinajstić information content (AvgIpc) is 2.88. The number of aromatic nitrogens is 5. The molecule has 118 valence electrons. The predicted molar refractivity (Wildman–Crippen MR) is 85.3 cm³/mol. The molecule has 0 fully saturated rings. The summed E-state index contributed by atoms with van der Waals surface area (Å²) < 4.78 is 12.9. The van der Waals surface area contributed by atoms with E-state index in [0.29, 0.717) is 17.3 Å². The molecule has 1 atom stereocenters. The van der Waals surface area contributed by atoms with Crippen LogP contribution in [0.2, 0.25) is 0 Å². The lowest BCUT2D eigenvalue weighted by molar-refractivity contribution is 0.621. The molecule has 6 nitrogen and oxygen atoms in total. The van der Waals surface area contributed by atoms with Crippen LogP contribution in [0.1, 0.15) is 30.2 Å². The molecule has 0 radical (unpaired) electrons. The smallest absolute Gasteiger partial charge is 0.180 e. The van der Waals surface area contributed by atoms with Crippen LogP contribution in [-0.2, 0) is 0 Å². The number of hydrogen-bond donors (Lipinski definition) is 2. The first kappa shape index (κ1) is 15.1. The van der Waals surface area contributed by atoms with Gasteiger partial charge in [0.15, 0.2) is 5.82 Å². The van der Waals surface area contributed by atoms with E-state index in [2.05, 4.69) is 30.2 Å². The van der Waals surface area contributed by atoms with Gasteiger partial charge in [-0.15, -0.1) is 0 Å².